The van der Waals surface area contributed by atoms with Crippen LogP contribution >= 0.6 is 0 Å². The Labute approximate surface area is 140 Å². The van der Waals surface area contributed by atoms with Gasteiger partial charge in [-0.15, -0.1) is 0 Å². The fourth-order valence-corrected chi connectivity index (χ4v) is 3.32. The van der Waals surface area contributed by atoms with Crippen LogP contribution in [0.5, 0.6) is 0 Å². The van der Waals surface area contributed by atoms with Crippen LogP contribution in [0.15, 0.2) is 35.1 Å². The summed E-state index contributed by atoms with van der Waals surface area (Å²) in [4.78, 5) is 12.5. The summed E-state index contributed by atoms with van der Waals surface area (Å²) in [5.74, 6) is 0.0765. The number of aromatic nitrogens is 2. The van der Waals surface area contributed by atoms with Crippen molar-refractivity contribution in [3.05, 3.63) is 40.7 Å². The third-order valence-corrected chi connectivity index (χ3v) is 4.35. The molecule has 0 saturated heterocycles. The SMILES string of the molecule is CCO[C@H](C)n1nccc1[C@H]1C(C#N)=C(N)OC2=C1C(=O)CCC2. The minimum atomic E-state index is -0.558. The summed E-state index contributed by atoms with van der Waals surface area (Å²) in [6.45, 7) is 4.30. The number of hydrogen-bond donors (Lipinski definition) is 1. The molecular weight excluding hydrogens is 308 g/mol. The number of carbonyl (C=O) groups excluding carboxylic acids is 1. The van der Waals surface area contributed by atoms with E-state index in [0.717, 1.165) is 6.42 Å². The lowest BCUT2D eigenvalue weighted by Gasteiger charge is -2.31. The topological polar surface area (TPSA) is 103 Å². The zero-order chi connectivity index (χ0) is 17.3. The molecular formula is C17H20N4O3. The zero-order valence-electron chi connectivity index (χ0n) is 13.8. The van der Waals surface area contributed by atoms with Gasteiger partial charge in [0.2, 0.25) is 5.88 Å². The first-order valence-electron chi connectivity index (χ1n) is 8.07. The lowest BCUT2D eigenvalue weighted by Crippen LogP contribution is -2.29. The first-order valence-corrected chi connectivity index (χ1v) is 8.07. The highest BCUT2D eigenvalue weighted by molar-refractivity contribution is 5.99. The van der Waals surface area contributed by atoms with Crippen LogP contribution in [0.2, 0.25) is 0 Å². The molecule has 7 heteroatoms. The van der Waals surface area contributed by atoms with E-state index in [0.29, 0.717) is 36.5 Å². The summed E-state index contributed by atoms with van der Waals surface area (Å²) in [5, 5.41) is 13.9. The van der Waals surface area contributed by atoms with E-state index in [-0.39, 0.29) is 23.5 Å². The fraction of sp³-hybridized carbons (Fsp3) is 0.471. The number of nitrogens with zero attached hydrogens (tertiary/aromatic N) is 3. The molecule has 0 fully saturated rings. The van der Waals surface area contributed by atoms with E-state index in [1.54, 1.807) is 16.9 Å². The van der Waals surface area contributed by atoms with Crippen LogP contribution in [-0.2, 0) is 14.3 Å². The highest BCUT2D eigenvalue weighted by Crippen LogP contribution is 2.43. The molecule has 2 heterocycles. The van der Waals surface area contributed by atoms with Gasteiger partial charge in [0.05, 0.1) is 11.6 Å². The third-order valence-electron chi connectivity index (χ3n) is 4.35. The van der Waals surface area contributed by atoms with E-state index >= 15 is 0 Å². The minimum Gasteiger partial charge on any atom is -0.444 e. The van der Waals surface area contributed by atoms with Gasteiger partial charge in [0, 0.05) is 31.2 Å². The molecule has 0 spiro atoms. The Morgan fingerprint density at radius 2 is 2.38 bits per heavy atom. The molecule has 3 rings (SSSR count). The number of hydrogen-bond acceptors (Lipinski definition) is 6. The van der Waals surface area contributed by atoms with Crippen LogP contribution in [0.25, 0.3) is 0 Å². The lowest BCUT2D eigenvalue weighted by molar-refractivity contribution is -0.116. The quantitative estimate of drug-likeness (QED) is 0.909. The van der Waals surface area contributed by atoms with E-state index in [2.05, 4.69) is 11.2 Å². The van der Waals surface area contributed by atoms with Crippen LogP contribution in [0.3, 0.4) is 0 Å². The van der Waals surface area contributed by atoms with E-state index in [4.69, 9.17) is 15.2 Å². The predicted molar refractivity (Wildman–Crippen MR) is 85.1 cm³/mol. The van der Waals surface area contributed by atoms with Gasteiger partial charge in [-0.1, -0.05) is 0 Å². The van der Waals surface area contributed by atoms with Crippen molar-refractivity contribution >= 4 is 5.78 Å². The number of Topliss-reactive ketones (excluding diaryl/α,β-unsaturated/α-hetero) is 1. The molecule has 2 N–H and O–H groups in total. The molecule has 0 amide bonds. The highest BCUT2D eigenvalue weighted by Gasteiger charge is 2.39. The van der Waals surface area contributed by atoms with Gasteiger partial charge in [-0.3, -0.25) is 4.79 Å². The van der Waals surface area contributed by atoms with Gasteiger partial charge in [0.25, 0.3) is 0 Å². The summed E-state index contributed by atoms with van der Waals surface area (Å²) in [5.41, 5.74) is 7.43. The molecule has 1 aliphatic heterocycles. The maximum atomic E-state index is 12.5. The van der Waals surface area contributed by atoms with E-state index < -0.39 is 5.92 Å². The van der Waals surface area contributed by atoms with Crippen molar-refractivity contribution in [1.29, 1.82) is 5.26 Å². The third kappa shape index (κ3) is 2.59. The smallest absolute Gasteiger partial charge is 0.205 e. The molecule has 7 nitrogen and oxygen atoms in total. The summed E-state index contributed by atoms with van der Waals surface area (Å²) < 4.78 is 12.9. The van der Waals surface area contributed by atoms with Gasteiger partial charge in [-0.05, 0) is 26.3 Å². The van der Waals surface area contributed by atoms with Gasteiger partial charge < -0.3 is 15.2 Å². The average Bonchev–Trinajstić information content (AvgIpc) is 3.03. The first kappa shape index (κ1) is 16.3. The number of carbonyl (C=O) groups is 1. The van der Waals surface area contributed by atoms with Gasteiger partial charge in [-0.2, -0.15) is 10.4 Å². The van der Waals surface area contributed by atoms with Crippen LogP contribution in [0, 0.1) is 11.3 Å². The zero-order valence-corrected chi connectivity index (χ0v) is 13.8. The number of nitriles is 1. The second-order valence-electron chi connectivity index (χ2n) is 5.79. The summed E-state index contributed by atoms with van der Waals surface area (Å²) in [6, 6.07) is 3.90. The first-order chi connectivity index (χ1) is 11.6. The monoisotopic (exact) mass is 328 g/mol. The van der Waals surface area contributed by atoms with Gasteiger partial charge in [-0.25, -0.2) is 4.68 Å². The molecule has 2 atom stereocenters. The predicted octanol–water partition coefficient (Wildman–Crippen LogP) is 2.25. The van der Waals surface area contributed by atoms with E-state index in [9.17, 15) is 10.1 Å². The van der Waals surface area contributed by atoms with Crippen molar-refractivity contribution in [2.75, 3.05) is 6.61 Å². The van der Waals surface area contributed by atoms with Crippen molar-refractivity contribution in [2.24, 2.45) is 5.73 Å². The van der Waals surface area contributed by atoms with E-state index in [1.165, 1.54) is 0 Å². The second kappa shape index (κ2) is 6.49. The Morgan fingerprint density at radius 3 is 3.08 bits per heavy atom. The fourth-order valence-electron chi connectivity index (χ4n) is 3.32. The second-order valence-corrected chi connectivity index (χ2v) is 5.79. The Hall–Kier alpha value is -2.59. The Bertz CT molecular complexity index is 769. The molecule has 0 bridgehead atoms. The average molecular weight is 328 g/mol. The Morgan fingerprint density at radius 1 is 1.58 bits per heavy atom. The maximum absolute atomic E-state index is 12.5. The molecule has 24 heavy (non-hydrogen) atoms. The number of ketones is 1. The Kier molecular flexibility index (Phi) is 4.40. The van der Waals surface area contributed by atoms with Gasteiger partial charge in [0.15, 0.2) is 5.78 Å². The van der Waals surface area contributed by atoms with Crippen molar-refractivity contribution in [2.45, 2.75) is 45.3 Å². The normalized spacial score (nSPS) is 22.0. The summed E-state index contributed by atoms with van der Waals surface area (Å²) in [7, 11) is 0. The number of ether oxygens (including phenoxy) is 2. The number of rotatable bonds is 4. The van der Waals surface area contributed by atoms with Crippen molar-refractivity contribution in [1.82, 2.24) is 9.78 Å². The minimum absolute atomic E-state index is 0.00156. The molecule has 1 aliphatic carbocycles. The van der Waals surface area contributed by atoms with Crippen molar-refractivity contribution < 1.29 is 14.3 Å². The lowest BCUT2D eigenvalue weighted by atomic mass is 9.79. The van der Waals surface area contributed by atoms with Crippen molar-refractivity contribution in [3.8, 4) is 6.07 Å². The number of nitrogens with two attached hydrogens (primary N) is 1. The van der Waals surface area contributed by atoms with E-state index in [1.807, 2.05) is 13.8 Å². The molecule has 1 aromatic heterocycles. The molecule has 0 radical (unpaired) electrons. The van der Waals surface area contributed by atoms with Gasteiger partial charge in [0.1, 0.15) is 23.6 Å². The summed E-state index contributed by atoms with van der Waals surface area (Å²) in [6.07, 6.45) is 3.15. The van der Waals surface area contributed by atoms with Crippen LogP contribution in [0.1, 0.15) is 50.9 Å². The molecule has 1 aromatic rings. The van der Waals surface area contributed by atoms with Crippen LogP contribution < -0.4 is 5.73 Å². The standard InChI is InChI=1S/C17H20N4O3/c1-3-23-10(2)21-12(7-8-20-21)15-11(9-18)17(19)24-14-6-4-5-13(22)16(14)15/h7-8,10,15H,3-6,19H2,1-2H3/t10-,15-/m1/s1. The van der Waals surface area contributed by atoms with Crippen molar-refractivity contribution in [3.63, 3.8) is 0 Å². The number of allylic oxidation sites excluding steroid dienone is 3. The maximum Gasteiger partial charge on any atom is 0.205 e. The molecule has 0 aromatic carbocycles. The molecule has 126 valence electrons. The largest absolute Gasteiger partial charge is 0.444 e. The highest BCUT2D eigenvalue weighted by atomic mass is 16.5. The Balaban J connectivity index is 2.14. The van der Waals surface area contributed by atoms with Gasteiger partial charge >= 0.3 is 0 Å². The molecule has 0 unspecified atom stereocenters. The summed E-state index contributed by atoms with van der Waals surface area (Å²) >= 11 is 0. The molecule has 2 aliphatic rings. The van der Waals surface area contributed by atoms with Crippen LogP contribution in [-0.4, -0.2) is 22.2 Å². The molecule has 0 saturated carbocycles. The van der Waals surface area contributed by atoms with Crippen LogP contribution in [0.4, 0.5) is 0 Å².